The van der Waals surface area contributed by atoms with Crippen LogP contribution in [-0.2, 0) is 9.59 Å². The summed E-state index contributed by atoms with van der Waals surface area (Å²) in [4.78, 5) is 31.8. The van der Waals surface area contributed by atoms with E-state index in [0.717, 1.165) is 49.1 Å². The van der Waals surface area contributed by atoms with Gasteiger partial charge in [-0.25, -0.2) is 0 Å². The van der Waals surface area contributed by atoms with Crippen molar-refractivity contribution in [1.82, 2.24) is 14.7 Å². The summed E-state index contributed by atoms with van der Waals surface area (Å²) in [7, 11) is 0. The molecule has 0 bridgehead atoms. The highest BCUT2D eigenvalue weighted by Crippen LogP contribution is 2.36. The lowest BCUT2D eigenvalue weighted by Gasteiger charge is -2.50. The maximum atomic E-state index is 13.6. The van der Waals surface area contributed by atoms with E-state index in [1.165, 1.54) is 11.1 Å². The Morgan fingerprint density at radius 2 is 1.38 bits per heavy atom. The van der Waals surface area contributed by atoms with Crippen LogP contribution in [-0.4, -0.2) is 65.3 Å². The van der Waals surface area contributed by atoms with Crippen LogP contribution in [0.3, 0.4) is 0 Å². The molecular weight excluding hydrogens is 505 g/mol. The van der Waals surface area contributed by atoms with Crippen LogP contribution in [0.1, 0.15) is 64.1 Å². The van der Waals surface area contributed by atoms with Gasteiger partial charge in [0.25, 0.3) is 0 Å². The number of halogens is 2. The summed E-state index contributed by atoms with van der Waals surface area (Å²) in [5, 5.41) is 1.44. The molecule has 7 heteroatoms. The van der Waals surface area contributed by atoms with Crippen LogP contribution in [0.5, 0.6) is 0 Å². The maximum absolute atomic E-state index is 13.6. The van der Waals surface area contributed by atoms with E-state index >= 15 is 0 Å². The van der Waals surface area contributed by atoms with E-state index in [1.54, 1.807) is 6.92 Å². The average Bonchev–Trinajstić information content (AvgIpc) is 2.86. The van der Waals surface area contributed by atoms with Crippen LogP contribution in [0.4, 0.5) is 0 Å². The molecular formula is C30H39Cl2N3O2. The van der Waals surface area contributed by atoms with Gasteiger partial charge in [-0.2, -0.15) is 0 Å². The molecule has 2 heterocycles. The molecule has 1 atom stereocenters. The number of amides is 2. The van der Waals surface area contributed by atoms with Crippen molar-refractivity contribution in [3.63, 3.8) is 0 Å². The first-order valence-corrected chi connectivity index (χ1v) is 14.1. The Morgan fingerprint density at radius 1 is 0.865 bits per heavy atom. The summed E-state index contributed by atoms with van der Waals surface area (Å²) in [6, 6.07) is 16.3. The number of carbonyl (C=O) groups is 2. The highest BCUT2D eigenvalue weighted by atomic mass is 35.5. The Balaban J connectivity index is 1.53. The van der Waals surface area contributed by atoms with Gasteiger partial charge in [0.2, 0.25) is 11.8 Å². The molecule has 4 rings (SSSR count). The van der Waals surface area contributed by atoms with Crippen molar-refractivity contribution in [3.05, 3.63) is 69.7 Å². The molecule has 2 fully saturated rings. The average molecular weight is 545 g/mol. The topological polar surface area (TPSA) is 43.9 Å². The van der Waals surface area contributed by atoms with Crippen LogP contribution < -0.4 is 0 Å². The third kappa shape index (κ3) is 6.87. The number of piperazine rings is 1. The van der Waals surface area contributed by atoms with Crippen molar-refractivity contribution in [1.29, 1.82) is 0 Å². The number of piperidine rings is 1. The molecule has 0 saturated carbocycles. The van der Waals surface area contributed by atoms with Gasteiger partial charge < -0.3 is 9.80 Å². The lowest BCUT2D eigenvalue weighted by atomic mass is 9.82. The lowest BCUT2D eigenvalue weighted by Crippen LogP contribution is -2.60. The minimum atomic E-state index is -0.0726. The van der Waals surface area contributed by atoms with Crippen LogP contribution in [0.25, 0.3) is 0 Å². The van der Waals surface area contributed by atoms with Crippen molar-refractivity contribution in [2.24, 2.45) is 11.3 Å². The molecule has 200 valence electrons. The van der Waals surface area contributed by atoms with Crippen molar-refractivity contribution in [3.8, 4) is 0 Å². The normalized spacial score (nSPS) is 19.9. The molecule has 0 aliphatic carbocycles. The SMILES string of the molecule is CC(=O)N1CCC(CC(=O)N2CCN(C(c3ccc(Cl)cc3)c3ccc(Cl)cc3)C[C@@H]2C(C)(C)C)CC1. The summed E-state index contributed by atoms with van der Waals surface area (Å²) in [5.74, 6) is 0.720. The van der Waals surface area contributed by atoms with Gasteiger partial charge in [-0.1, -0.05) is 68.2 Å². The summed E-state index contributed by atoms with van der Waals surface area (Å²) in [6.45, 7) is 12.1. The largest absolute Gasteiger partial charge is 0.343 e. The summed E-state index contributed by atoms with van der Waals surface area (Å²) < 4.78 is 0. The van der Waals surface area contributed by atoms with Crippen molar-refractivity contribution >= 4 is 35.0 Å². The minimum absolute atomic E-state index is 0.0487. The van der Waals surface area contributed by atoms with Gasteiger partial charge in [-0.15, -0.1) is 0 Å². The van der Waals surface area contributed by atoms with E-state index in [0.29, 0.717) is 18.9 Å². The van der Waals surface area contributed by atoms with Gasteiger partial charge in [0.15, 0.2) is 0 Å². The Labute approximate surface area is 231 Å². The van der Waals surface area contributed by atoms with Crippen molar-refractivity contribution in [2.75, 3.05) is 32.7 Å². The number of nitrogens with zero attached hydrogens (tertiary/aromatic N) is 3. The zero-order chi connectivity index (χ0) is 26.7. The van der Waals surface area contributed by atoms with Crippen LogP contribution >= 0.6 is 23.2 Å². The molecule has 2 aromatic carbocycles. The fraction of sp³-hybridized carbons (Fsp3) is 0.533. The van der Waals surface area contributed by atoms with E-state index in [9.17, 15) is 9.59 Å². The van der Waals surface area contributed by atoms with Crippen molar-refractivity contribution in [2.45, 2.75) is 59.0 Å². The predicted molar refractivity (Wildman–Crippen MR) is 151 cm³/mol. The molecule has 2 amide bonds. The second-order valence-electron chi connectivity index (χ2n) is 11.6. The smallest absolute Gasteiger partial charge is 0.223 e. The second-order valence-corrected chi connectivity index (χ2v) is 12.5. The minimum Gasteiger partial charge on any atom is -0.343 e. The molecule has 2 saturated heterocycles. The predicted octanol–water partition coefficient (Wildman–Crippen LogP) is 6.29. The molecule has 2 aromatic rings. The highest BCUT2D eigenvalue weighted by molar-refractivity contribution is 6.30. The number of likely N-dealkylation sites (tertiary alicyclic amines) is 1. The number of hydrogen-bond acceptors (Lipinski definition) is 3. The van der Waals surface area contributed by atoms with Crippen LogP contribution in [0, 0.1) is 11.3 Å². The highest BCUT2D eigenvalue weighted by Gasteiger charge is 2.40. The maximum Gasteiger partial charge on any atom is 0.223 e. The molecule has 2 aliphatic heterocycles. The quantitative estimate of drug-likeness (QED) is 0.445. The molecule has 5 nitrogen and oxygen atoms in total. The van der Waals surface area contributed by atoms with E-state index < -0.39 is 0 Å². The number of benzene rings is 2. The zero-order valence-electron chi connectivity index (χ0n) is 22.4. The third-order valence-electron chi connectivity index (χ3n) is 7.99. The number of carbonyl (C=O) groups excluding carboxylic acids is 2. The van der Waals surface area contributed by atoms with E-state index in [4.69, 9.17) is 23.2 Å². The lowest BCUT2D eigenvalue weighted by molar-refractivity contribution is -0.141. The molecule has 2 aliphatic rings. The molecule has 0 unspecified atom stereocenters. The van der Waals surface area contributed by atoms with E-state index in [1.807, 2.05) is 29.2 Å². The first kappa shape index (κ1) is 27.9. The Bertz CT molecular complexity index is 1030. The zero-order valence-corrected chi connectivity index (χ0v) is 23.9. The third-order valence-corrected chi connectivity index (χ3v) is 8.50. The van der Waals surface area contributed by atoms with Gasteiger partial charge in [0.1, 0.15) is 0 Å². The molecule has 0 aromatic heterocycles. The van der Waals surface area contributed by atoms with Crippen LogP contribution in [0.2, 0.25) is 10.0 Å². The van der Waals surface area contributed by atoms with E-state index in [-0.39, 0.29) is 29.3 Å². The molecule has 0 N–H and O–H groups in total. The Hall–Kier alpha value is -2.08. The number of rotatable bonds is 5. The van der Waals surface area contributed by atoms with Gasteiger partial charge in [0.05, 0.1) is 6.04 Å². The summed E-state index contributed by atoms with van der Waals surface area (Å²) in [6.07, 6.45) is 2.37. The Kier molecular flexibility index (Phi) is 8.88. The van der Waals surface area contributed by atoms with Crippen LogP contribution in [0.15, 0.2) is 48.5 Å². The van der Waals surface area contributed by atoms with Gasteiger partial charge >= 0.3 is 0 Å². The number of hydrogen-bond donors (Lipinski definition) is 0. The first-order chi connectivity index (χ1) is 17.5. The van der Waals surface area contributed by atoms with E-state index in [2.05, 4.69) is 54.8 Å². The molecule has 37 heavy (non-hydrogen) atoms. The summed E-state index contributed by atoms with van der Waals surface area (Å²) in [5.41, 5.74) is 2.28. The standard InChI is InChI=1S/C30H39Cl2N3O2/c1-21(36)33-15-13-22(14-16-33)19-28(37)35-18-17-34(20-27(35)30(2,3)4)29(23-5-9-25(31)10-6-23)24-7-11-26(32)12-8-24/h5-12,22,27,29H,13-20H2,1-4H3/t27-/m1/s1. The molecule has 0 spiro atoms. The second kappa shape index (κ2) is 11.8. The van der Waals surface area contributed by atoms with Gasteiger partial charge in [-0.3, -0.25) is 14.5 Å². The fourth-order valence-electron chi connectivity index (χ4n) is 5.80. The monoisotopic (exact) mass is 543 g/mol. The molecule has 0 radical (unpaired) electrons. The summed E-state index contributed by atoms with van der Waals surface area (Å²) >= 11 is 12.4. The first-order valence-electron chi connectivity index (χ1n) is 13.3. The van der Waals surface area contributed by atoms with Crippen molar-refractivity contribution < 1.29 is 9.59 Å². The van der Waals surface area contributed by atoms with Gasteiger partial charge in [-0.05, 0) is 59.6 Å². The Morgan fingerprint density at radius 3 is 1.84 bits per heavy atom. The fourth-order valence-corrected chi connectivity index (χ4v) is 6.05. The van der Waals surface area contributed by atoms with Gasteiger partial charge in [0, 0.05) is 62.2 Å².